The topological polar surface area (TPSA) is 71.5 Å². The van der Waals surface area contributed by atoms with Crippen LogP contribution in [0.3, 0.4) is 0 Å². The van der Waals surface area contributed by atoms with Gasteiger partial charge in [-0.2, -0.15) is 0 Å². The molecule has 0 bridgehead atoms. The van der Waals surface area contributed by atoms with Crippen molar-refractivity contribution in [3.8, 4) is 10.6 Å². The lowest BCUT2D eigenvalue weighted by molar-refractivity contribution is -0.117. The van der Waals surface area contributed by atoms with Gasteiger partial charge >= 0.3 is 6.09 Å². The Labute approximate surface area is 162 Å². The van der Waals surface area contributed by atoms with E-state index in [1.165, 1.54) is 16.2 Å². The second-order valence-electron chi connectivity index (χ2n) is 7.37. The van der Waals surface area contributed by atoms with E-state index in [1.54, 1.807) is 14.1 Å². The summed E-state index contributed by atoms with van der Waals surface area (Å²) in [6.45, 7) is 5.72. The van der Waals surface area contributed by atoms with Crippen molar-refractivity contribution in [1.29, 1.82) is 0 Å². The number of aromatic nitrogens is 1. The van der Waals surface area contributed by atoms with E-state index in [4.69, 9.17) is 9.72 Å². The van der Waals surface area contributed by atoms with Gasteiger partial charge in [-0.15, -0.1) is 11.3 Å². The number of benzene rings is 1. The highest BCUT2D eigenvalue weighted by atomic mass is 32.1. The Hall–Kier alpha value is -2.67. The summed E-state index contributed by atoms with van der Waals surface area (Å²) in [6.07, 6.45) is -0.102. The Balaban J connectivity index is 2.10. The monoisotopic (exact) mass is 385 g/mol. The molecular weight excluding hydrogens is 362 g/mol. The van der Waals surface area contributed by atoms with Crippen LogP contribution in [0.1, 0.15) is 30.8 Å². The lowest BCUT2D eigenvalue weighted by atomic mass is 9.91. The minimum absolute atomic E-state index is 0.277. The Kier molecular flexibility index (Phi) is 5.06. The zero-order chi connectivity index (χ0) is 19.8. The molecule has 7 heteroatoms. The molecular formula is C20H23N3O3S. The third-order valence-electron chi connectivity index (χ3n) is 4.19. The number of nitrogens with one attached hydrogen (secondary N) is 1. The number of carbonyl (C=O) groups is 2. The molecule has 1 aromatic carbocycles. The van der Waals surface area contributed by atoms with Crippen molar-refractivity contribution in [2.24, 2.45) is 0 Å². The van der Waals surface area contributed by atoms with Crippen molar-refractivity contribution >= 4 is 28.9 Å². The van der Waals surface area contributed by atoms with Crippen LogP contribution in [0.25, 0.3) is 16.1 Å². The first-order valence-corrected chi connectivity index (χ1v) is 9.47. The highest BCUT2D eigenvalue weighted by Crippen LogP contribution is 2.36. The number of carbonyl (C=O) groups excluding carboxylic acids is 2. The van der Waals surface area contributed by atoms with Gasteiger partial charge in [0.05, 0.1) is 5.69 Å². The molecule has 1 aromatic heterocycles. The van der Waals surface area contributed by atoms with Gasteiger partial charge in [0.1, 0.15) is 16.3 Å². The van der Waals surface area contributed by atoms with Crippen LogP contribution >= 0.6 is 11.3 Å². The highest BCUT2D eigenvalue weighted by molar-refractivity contribution is 7.15. The summed E-state index contributed by atoms with van der Waals surface area (Å²) in [4.78, 5) is 31.9. The maximum absolute atomic E-state index is 12.9. The van der Waals surface area contributed by atoms with Gasteiger partial charge in [0.25, 0.3) is 5.91 Å². The SMILES string of the molecule is Cc1sc(-c2ccccc2)nc1C1=C(OC(=O)N(C)C)CC(C)(C)NC1=O. The first-order chi connectivity index (χ1) is 12.7. The second-order valence-corrected chi connectivity index (χ2v) is 8.57. The van der Waals surface area contributed by atoms with Gasteiger partial charge < -0.3 is 15.0 Å². The molecule has 142 valence electrons. The summed E-state index contributed by atoms with van der Waals surface area (Å²) in [5, 5.41) is 3.80. The van der Waals surface area contributed by atoms with E-state index in [1.807, 2.05) is 51.1 Å². The minimum atomic E-state index is -0.510. The average Bonchev–Trinajstić information content (AvgIpc) is 2.95. The van der Waals surface area contributed by atoms with Crippen LogP contribution in [0.4, 0.5) is 4.79 Å². The zero-order valence-electron chi connectivity index (χ0n) is 16.1. The fourth-order valence-corrected chi connectivity index (χ4v) is 3.81. The predicted molar refractivity (Wildman–Crippen MR) is 106 cm³/mol. The second kappa shape index (κ2) is 7.15. The molecule has 1 aliphatic heterocycles. The molecule has 0 atom stereocenters. The lowest BCUT2D eigenvalue weighted by Crippen LogP contribution is -2.48. The number of rotatable bonds is 3. The Bertz CT molecular complexity index is 914. The normalized spacial score (nSPS) is 16.1. The molecule has 0 saturated heterocycles. The molecule has 0 saturated carbocycles. The first kappa shape index (κ1) is 19.1. The molecule has 1 N–H and O–H groups in total. The molecule has 2 aromatic rings. The largest absolute Gasteiger partial charge is 0.414 e. The van der Waals surface area contributed by atoms with Crippen LogP contribution in [0.2, 0.25) is 0 Å². The van der Waals surface area contributed by atoms with Crippen LogP contribution in [0.5, 0.6) is 0 Å². The van der Waals surface area contributed by atoms with Crippen LogP contribution in [0, 0.1) is 6.92 Å². The van der Waals surface area contributed by atoms with Crippen molar-refractivity contribution in [3.05, 3.63) is 46.7 Å². The molecule has 0 radical (unpaired) electrons. The van der Waals surface area contributed by atoms with Gasteiger partial charge in [-0.25, -0.2) is 9.78 Å². The molecule has 6 nitrogen and oxygen atoms in total. The van der Waals surface area contributed by atoms with E-state index in [-0.39, 0.29) is 5.91 Å². The molecule has 2 amide bonds. The Morgan fingerprint density at radius 1 is 1.26 bits per heavy atom. The average molecular weight is 385 g/mol. The van der Waals surface area contributed by atoms with E-state index < -0.39 is 11.6 Å². The van der Waals surface area contributed by atoms with Crippen LogP contribution < -0.4 is 5.32 Å². The molecule has 3 rings (SSSR count). The van der Waals surface area contributed by atoms with E-state index >= 15 is 0 Å². The van der Waals surface area contributed by atoms with Crippen molar-refractivity contribution in [2.45, 2.75) is 32.7 Å². The summed E-state index contributed by atoms with van der Waals surface area (Å²) in [6, 6.07) is 9.81. The molecule has 0 spiro atoms. The first-order valence-electron chi connectivity index (χ1n) is 8.66. The maximum Gasteiger partial charge on any atom is 0.414 e. The summed E-state index contributed by atoms with van der Waals surface area (Å²) in [5.41, 5.74) is 1.38. The van der Waals surface area contributed by atoms with E-state index in [2.05, 4.69) is 5.32 Å². The van der Waals surface area contributed by atoms with Gasteiger partial charge in [0.15, 0.2) is 0 Å². The fraction of sp³-hybridized carbons (Fsp3) is 0.350. The van der Waals surface area contributed by atoms with Gasteiger partial charge in [-0.3, -0.25) is 4.79 Å². The molecule has 1 aliphatic rings. The molecule has 27 heavy (non-hydrogen) atoms. The highest BCUT2D eigenvalue weighted by Gasteiger charge is 2.37. The number of hydrogen-bond acceptors (Lipinski definition) is 5. The Morgan fingerprint density at radius 3 is 2.56 bits per heavy atom. The summed E-state index contributed by atoms with van der Waals surface area (Å²) >= 11 is 1.51. The lowest BCUT2D eigenvalue weighted by Gasteiger charge is -2.33. The summed E-state index contributed by atoms with van der Waals surface area (Å²) in [5.74, 6) is 0.0799. The summed E-state index contributed by atoms with van der Waals surface area (Å²) in [7, 11) is 3.22. The number of aryl methyl sites for hydroxylation is 1. The zero-order valence-corrected chi connectivity index (χ0v) is 16.9. The Morgan fingerprint density at radius 2 is 1.93 bits per heavy atom. The maximum atomic E-state index is 12.9. The van der Waals surface area contributed by atoms with Crippen molar-refractivity contribution in [1.82, 2.24) is 15.2 Å². The fourth-order valence-electron chi connectivity index (χ4n) is 2.89. The number of nitrogens with zero attached hydrogens (tertiary/aromatic N) is 2. The number of thiazole rings is 1. The van der Waals surface area contributed by atoms with Crippen molar-refractivity contribution < 1.29 is 14.3 Å². The van der Waals surface area contributed by atoms with Crippen LogP contribution in [-0.4, -0.2) is 41.5 Å². The molecule has 0 fully saturated rings. The number of hydrogen-bond donors (Lipinski definition) is 1. The third-order valence-corrected chi connectivity index (χ3v) is 5.21. The quantitative estimate of drug-likeness (QED) is 0.872. The van der Waals surface area contributed by atoms with E-state index in [0.717, 1.165) is 15.4 Å². The smallest absolute Gasteiger partial charge is 0.414 e. The summed E-state index contributed by atoms with van der Waals surface area (Å²) < 4.78 is 5.57. The predicted octanol–water partition coefficient (Wildman–Crippen LogP) is 3.83. The van der Waals surface area contributed by atoms with Gasteiger partial charge in [0.2, 0.25) is 0 Å². The van der Waals surface area contributed by atoms with Crippen molar-refractivity contribution in [3.63, 3.8) is 0 Å². The molecule has 2 heterocycles. The standard InChI is InChI=1S/C20H23N3O3S/c1-12-16(21-18(27-12)13-9-7-6-8-10-13)15-14(26-19(25)23(4)5)11-20(2,3)22-17(15)24/h6-10H,11H2,1-5H3,(H,22,24). The molecule has 0 aliphatic carbocycles. The van der Waals surface area contributed by atoms with Gasteiger partial charge in [-0.1, -0.05) is 30.3 Å². The van der Waals surface area contributed by atoms with Gasteiger partial charge in [0, 0.05) is 36.5 Å². The van der Waals surface area contributed by atoms with E-state index in [9.17, 15) is 9.59 Å². The third kappa shape index (κ3) is 4.03. The van der Waals surface area contributed by atoms with Crippen molar-refractivity contribution in [2.75, 3.05) is 14.1 Å². The van der Waals surface area contributed by atoms with Crippen LogP contribution in [0.15, 0.2) is 36.1 Å². The minimum Gasteiger partial charge on any atom is -0.414 e. The molecule has 0 unspecified atom stereocenters. The van der Waals surface area contributed by atoms with Gasteiger partial charge in [-0.05, 0) is 20.8 Å². The van der Waals surface area contributed by atoms with E-state index in [0.29, 0.717) is 23.4 Å². The number of amides is 2. The van der Waals surface area contributed by atoms with Crippen LogP contribution in [-0.2, 0) is 9.53 Å². The number of ether oxygens (including phenoxy) is 1.